The van der Waals surface area contributed by atoms with Crippen LogP contribution in [0, 0.1) is 11.8 Å². The van der Waals surface area contributed by atoms with Crippen molar-refractivity contribution in [1.29, 1.82) is 0 Å². The fourth-order valence-corrected chi connectivity index (χ4v) is 4.65. The smallest absolute Gasteiger partial charge is 0.407 e. The highest BCUT2D eigenvalue weighted by atomic mass is 16.5. The van der Waals surface area contributed by atoms with Crippen molar-refractivity contribution in [1.82, 2.24) is 10.6 Å². The Labute approximate surface area is 207 Å². The molecule has 2 unspecified atom stereocenters. The van der Waals surface area contributed by atoms with Crippen molar-refractivity contribution in [2.45, 2.75) is 58.4 Å². The molecule has 0 heterocycles. The third kappa shape index (κ3) is 6.84. The number of carbonyl (C=O) groups excluding carboxylic acids is 2. The topological polar surface area (TPSA) is 105 Å². The standard InChI is InChI=1S/C28H36N2O5/c1-4-5-14-25(26(31)29-16-19(27(32)33)15-18(2)3)30-28(34)35-17-24-22-12-8-6-10-20(22)21-11-7-9-13-23(21)24/h6-13,18-19,24-25H,4-5,14-17H2,1-3H3,(H,29,31)(H,30,34)(H,32,33). The number of hydrogen-bond donors (Lipinski definition) is 3. The van der Waals surface area contributed by atoms with E-state index in [-0.39, 0.29) is 30.9 Å². The molecule has 7 nitrogen and oxygen atoms in total. The summed E-state index contributed by atoms with van der Waals surface area (Å²) in [6.45, 7) is 6.09. The predicted molar refractivity (Wildman–Crippen MR) is 135 cm³/mol. The van der Waals surface area contributed by atoms with Crippen molar-refractivity contribution in [3.05, 3.63) is 59.7 Å². The summed E-state index contributed by atoms with van der Waals surface area (Å²) in [5, 5.41) is 14.8. The van der Waals surface area contributed by atoms with Gasteiger partial charge in [-0.25, -0.2) is 4.79 Å². The van der Waals surface area contributed by atoms with Crippen LogP contribution < -0.4 is 10.6 Å². The van der Waals surface area contributed by atoms with E-state index in [1.165, 1.54) is 0 Å². The second-order valence-electron chi connectivity index (χ2n) is 9.57. The predicted octanol–water partition coefficient (Wildman–Crippen LogP) is 4.95. The Balaban J connectivity index is 1.60. The lowest BCUT2D eigenvalue weighted by atomic mass is 9.97. The lowest BCUT2D eigenvalue weighted by molar-refractivity contribution is -0.142. The third-order valence-corrected chi connectivity index (χ3v) is 6.43. The summed E-state index contributed by atoms with van der Waals surface area (Å²) >= 11 is 0. The Bertz CT molecular complexity index is 990. The van der Waals surface area contributed by atoms with Gasteiger partial charge in [0.15, 0.2) is 0 Å². The van der Waals surface area contributed by atoms with Gasteiger partial charge in [-0.05, 0) is 41.0 Å². The minimum absolute atomic E-state index is 0.0291. The third-order valence-electron chi connectivity index (χ3n) is 6.43. The van der Waals surface area contributed by atoms with Gasteiger partial charge in [0.25, 0.3) is 0 Å². The molecule has 2 aromatic rings. The zero-order valence-electron chi connectivity index (χ0n) is 20.8. The molecule has 0 saturated heterocycles. The van der Waals surface area contributed by atoms with Crippen LogP contribution in [0.25, 0.3) is 11.1 Å². The second-order valence-corrected chi connectivity index (χ2v) is 9.57. The first kappa shape index (κ1) is 26.3. The highest BCUT2D eigenvalue weighted by Gasteiger charge is 2.30. The van der Waals surface area contributed by atoms with E-state index in [9.17, 15) is 19.5 Å². The maximum absolute atomic E-state index is 12.8. The largest absolute Gasteiger partial charge is 0.481 e. The Morgan fingerprint density at radius 2 is 1.60 bits per heavy atom. The summed E-state index contributed by atoms with van der Waals surface area (Å²) in [7, 11) is 0. The number of carboxylic acid groups (broad SMARTS) is 1. The fourth-order valence-electron chi connectivity index (χ4n) is 4.65. The molecule has 188 valence electrons. The molecule has 0 saturated carbocycles. The molecule has 35 heavy (non-hydrogen) atoms. The summed E-state index contributed by atoms with van der Waals surface area (Å²) in [6, 6.07) is 15.4. The highest BCUT2D eigenvalue weighted by molar-refractivity contribution is 5.86. The molecule has 2 atom stereocenters. The number of aliphatic carboxylic acids is 1. The maximum Gasteiger partial charge on any atom is 0.407 e. The number of carbonyl (C=O) groups is 3. The van der Waals surface area contributed by atoms with Crippen LogP contribution in [-0.2, 0) is 14.3 Å². The van der Waals surface area contributed by atoms with E-state index in [0.717, 1.165) is 35.1 Å². The number of ether oxygens (including phenoxy) is 1. The number of amides is 2. The van der Waals surface area contributed by atoms with Gasteiger partial charge < -0.3 is 20.5 Å². The average Bonchev–Trinajstić information content (AvgIpc) is 3.16. The number of nitrogens with one attached hydrogen (secondary N) is 2. The molecule has 0 fully saturated rings. The Hall–Kier alpha value is -3.35. The summed E-state index contributed by atoms with van der Waals surface area (Å²) in [6.07, 6.45) is 1.88. The summed E-state index contributed by atoms with van der Waals surface area (Å²) < 4.78 is 5.59. The highest BCUT2D eigenvalue weighted by Crippen LogP contribution is 2.44. The van der Waals surface area contributed by atoms with E-state index in [1.807, 2.05) is 45.0 Å². The summed E-state index contributed by atoms with van der Waals surface area (Å²) in [5.41, 5.74) is 4.52. The zero-order valence-corrected chi connectivity index (χ0v) is 20.8. The van der Waals surface area contributed by atoms with E-state index >= 15 is 0 Å². The van der Waals surface area contributed by atoms with Crippen LogP contribution in [-0.4, -0.2) is 42.3 Å². The first-order valence-corrected chi connectivity index (χ1v) is 12.4. The van der Waals surface area contributed by atoms with E-state index < -0.39 is 24.0 Å². The van der Waals surface area contributed by atoms with E-state index in [4.69, 9.17) is 4.74 Å². The SMILES string of the molecule is CCCCC(NC(=O)OCC1c2ccccc2-c2ccccc21)C(=O)NCC(CC(C)C)C(=O)O. The van der Waals surface area contributed by atoms with Crippen LogP contribution in [0.2, 0.25) is 0 Å². The molecule has 0 aromatic heterocycles. The van der Waals surface area contributed by atoms with Crippen molar-refractivity contribution in [3.63, 3.8) is 0 Å². The monoisotopic (exact) mass is 480 g/mol. The molecule has 0 aliphatic heterocycles. The number of rotatable bonds is 12. The second kappa shape index (κ2) is 12.4. The van der Waals surface area contributed by atoms with E-state index in [1.54, 1.807) is 0 Å². The number of hydrogen-bond acceptors (Lipinski definition) is 4. The number of benzene rings is 2. The molecule has 0 radical (unpaired) electrons. The van der Waals surface area contributed by atoms with E-state index in [2.05, 4.69) is 34.9 Å². The number of carboxylic acids is 1. The van der Waals surface area contributed by atoms with Crippen LogP contribution in [0.15, 0.2) is 48.5 Å². The van der Waals surface area contributed by atoms with Gasteiger partial charge >= 0.3 is 12.1 Å². The van der Waals surface area contributed by atoms with Gasteiger partial charge in [0.1, 0.15) is 12.6 Å². The average molecular weight is 481 g/mol. The van der Waals surface area contributed by atoms with Crippen molar-refractivity contribution in [2.24, 2.45) is 11.8 Å². The lowest BCUT2D eigenvalue weighted by Crippen LogP contribution is -2.48. The van der Waals surface area contributed by atoms with Crippen LogP contribution in [0.1, 0.15) is 63.5 Å². The molecule has 0 spiro atoms. The molecule has 3 N–H and O–H groups in total. The minimum atomic E-state index is -0.936. The number of unbranched alkanes of at least 4 members (excludes halogenated alkanes) is 1. The Kier molecular flexibility index (Phi) is 9.29. The number of fused-ring (bicyclic) bond motifs is 3. The van der Waals surface area contributed by atoms with Crippen molar-refractivity contribution < 1.29 is 24.2 Å². The molecule has 1 aliphatic carbocycles. The molecule has 1 aliphatic rings. The van der Waals surface area contributed by atoms with Gasteiger partial charge in [0, 0.05) is 12.5 Å². The van der Waals surface area contributed by atoms with Gasteiger partial charge in [-0.3, -0.25) is 9.59 Å². The molecule has 0 bridgehead atoms. The molecule has 3 rings (SSSR count). The maximum atomic E-state index is 12.8. The van der Waals surface area contributed by atoms with Crippen LogP contribution in [0.5, 0.6) is 0 Å². The fraction of sp³-hybridized carbons (Fsp3) is 0.464. The molecule has 7 heteroatoms. The first-order valence-electron chi connectivity index (χ1n) is 12.4. The first-order chi connectivity index (χ1) is 16.8. The van der Waals surface area contributed by atoms with Crippen molar-refractivity contribution >= 4 is 18.0 Å². The van der Waals surface area contributed by atoms with Gasteiger partial charge in [0.05, 0.1) is 5.92 Å². The normalized spacial score (nSPS) is 14.1. The quantitative estimate of drug-likeness (QED) is 0.399. The van der Waals surface area contributed by atoms with Gasteiger partial charge in [-0.1, -0.05) is 82.1 Å². The van der Waals surface area contributed by atoms with Crippen LogP contribution in [0.4, 0.5) is 4.79 Å². The van der Waals surface area contributed by atoms with Crippen LogP contribution in [0.3, 0.4) is 0 Å². The van der Waals surface area contributed by atoms with Crippen LogP contribution >= 0.6 is 0 Å². The lowest BCUT2D eigenvalue weighted by Gasteiger charge is -2.21. The molecular weight excluding hydrogens is 444 g/mol. The molecular formula is C28H36N2O5. The Morgan fingerprint density at radius 3 is 2.14 bits per heavy atom. The summed E-state index contributed by atoms with van der Waals surface area (Å²) in [4.78, 5) is 37.0. The number of alkyl carbamates (subject to hydrolysis) is 1. The van der Waals surface area contributed by atoms with E-state index in [0.29, 0.717) is 12.8 Å². The molecule has 2 amide bonds. The minimum Gasteiger partial charge on any atom is -0.481 e. The summed E-state index contributed by atoms with van der Waals surface area (Å²) in [5.74, 6) is -1.86. The van der Waals surface area contributed by atoms with Gasteiger partial charge in [-0.15, -0.1) is 0 Å². The van der Waals surface area contributed by atoms with Crippen molar-refractivity contribution in [2.75, 3.05) is 13.2 Å². The zero-order chi connectivity index (χ0) is 25.4. The Morgan fingerprint density at radius 1 is 1.00 bits per heavy atom. The molecule has 2 aromatic carbocycles. The van der Waals surface area contributed by atoms with Crippen molar-refractivity contribution in [3.8, 4) is 11.1 Å². The van der Waals surface area contributed by atoms with Gasteiger partial charge in [-0.2, -0.15) is 0 Å². The van der Waals surface area contributed by atoms with Gasteiger partial charge in [0.2, 0.25) is 5.91 Å².